The lowest BCUT2D eigenvalue weighted by atomic mass is 10.1. The summed E-state index contributed by atoms with van der Waals surface area (Å²) in [5.74, 6) is 0. The van der Waals surface area contributed by atoms with Crippen LogP contribution in [0.3, 0.4) is 0 Å². The maximum atomic E-state index is 9.81. The molecule has 0 spiro atoms. The molecule has 0 unspecified atom stereocenters. The van der Waals surface area contributed by atoms with Gasteiger partial charge in [0.25, 0.3) is 0 Å². The molecule has 0 aliphatic rings. The summed E-state index contributed by atoms with van der Waals surface area (Å²) in [5, 5.41) is 0. The van der Waals surface area contributed by atoms with E-state index >= 15 is 0 Å². The molecule has 1 aromatic rings. The molecule has 0 fully saturated rings. The lowest BCUT2D eigenvalue weighted by molar-refractivity contribution is 0.535. The van der Waals surface area contributed by atoms with Gasteiger partial charge in [0.2, 0.25) is 0 Å². The number of benzene rings is 1. The molecule has 0 N–H and O–H groups in total. The van der Waals surface area contributed by atoms with Crippen LogP contribution in [0.15, 0.2) is 30.3 Å². The standard InChI is InChI=1S/C10H13.Al.3FH/c1-2-3-7-10-8-5-4-6-9-10;;;;/h4-6,8-9H,1-3,7H2;;3*1H/q;+3;;;/p-3. The predicted molar refractivity (Wildman–Crippen MR) is 53.8 cm³/mol. The van der Waals surface area contributed by atoms with E-state index in [0.29, 0.717) is 0 Å². The van der Waals surface area contributed by atoms with Crippen molar-refractivity contribution in [3.05, 3.63) is 42.8 Å². The van der Waals surface area contributed by atoms with Crippen molar-refractivity contribution >= 4 is 15.5 Å². The molecule has 14 heavy (non-hydrogen) atoms. The summed E-state index contributed by atoms with van der Waals surface area (Å²) in [6.45, 7) is 3.80. The Morgan fingerprint density at radius 3 is 2.00 bits per heavy atom. The van der Waals surface area contributed by atoms with Crippen LogP contribution in [-0.2, 0) is 6.42 Å². The first-order valence-electron chi connectivity index (χ1n) is 4.42. The van der Waals surface area contributed by atoms with Gasteiger partial charge in [-0.25, -0.2) is 0 Å². The van der Waals surface area contributed by atoms with Crippen molar-refractivity contribution in [1.82, 2.24) is 0 Å². The minimum atomic E-state index is -4.64. The van der Waals surface area contributed by atoms with Crippen LogP contribution in [0, 0.1) is 6.92 Å². The molecule has 0 bridgehead atoms. The van der Waals surface area contributed by atoms with Crippen molar-refractivity contribution in [1.29, 1.82) is 0 Å². The van der Waals surface area contributed by atoms with Gasteiger partial charge in [0, 0.05) is 0 Å². The number of aryl methyl sites for hydroxylation is 1. The highest BCUT2D eigenvalue weighted by Gasteiger charge is 2.21. The van der Waals surface area contributed by atoms with Gasteiger partial charge in [0.05, 0.1) is 0 Å². The minimum absolute atomic E-state index is 1.04. The summed E-state index contributed by atoms with van der Waals surface area (Å²) in [6, 6.07) is 10.5. The molecule has 0 saturated carbocycles. The lowest BCUT2D eigenvalue weighted by Crippen LogP contribution is -1.81. The summed E-state index contributed by atoms with van der Waals surface area (Å²) in [4.78, 5) is 0. The average molecular weight is 217 g/mol. The van der Waals surface area contributed by atoms with Crippen LogP contribution in [-0.4, -0.2) is 15.5 Å². The Bertz CT molecular complexity index is 211. The molecule has 0 atom stereocenters. The molecule has 0 amide bonds. The van der Waals surface area contributed by atoms with E-state index in [4.69, 9.17) is 0 Å². The van der Waals surface area contributed by atoms with E-state index in [9.17, 15) is 10.6 Å². The number of rotatable bonds is 3. The zero-order valence-corrected chi connectivity index (χ0v) is 9.08. The van der Waals surface area contributed by atoms with E-state index in [2.05, 4.69) is 31.2 Å². The summed E-state index contributed by atoms with van der Waals surface area (Å²) in [5.41, 5.74) is 1.42. The van der Waals surface area contributed by atoms with Crippen molar-refractivity contribution in [3.63, 3.8) is 0 Å². The Morgan fingerprint density at radius 2 is 1.57 bits per heavy atom. The average Bonchev–Trinajstić information content (AvgIpc) is 2.15. The zero-order chi connectivity index (χ0) is 10.8. The molecule has 77 valence electrons. The molecule has 0 aliphatic carbocycles. The Hall–Kier alpha value is -0.458. The van der Waals surface area contributed by atoms with Gasteiger partial charge in [-0.05, 0) is 18.4 Å². The monoisotopic (exact) mass is 217 g/mol. The molecule has 0 saturated heterocycles. The van der Waals surface area contributed by atoms with E-state index < -0.39 is 15.5 Å². The Morgan fingerprint density at radius 1 is 1.07 bits per heavy atom. The van der Waals surface area contributed by atoms with Gasteiger partial charge in [-0.2, -0.15) is 0 Å². The molecular weight excluding hydrogens is 204 g/mol. The first-order chi connectivity index (χ1) is 6.66. The molecular formula is C10H13AlF3. The summed E-state index contributed by atoms with van der Waals surface area (Å²) in [7, 11) is 0. The first kappa shape index (κ1) is 13.5. The largest absolute Gasteiger partial charge is 1.04 e. The molecule has 1 radical (unpaired) electrons. The molecule has 4 heteroatoms. The summed E-state index contributed by atoms with van der Waals surface area (Å²) < 4.78 is 29.4. The summed E-state index contributed by atoms with van der Waals surface area (Å²) >= 11 is -4.64. The fourth-order valence-electron chi connectivity index (χ4n) is 0.974. The van der Waals surface area contributed by atoms with Gasteiger partial charge < -0.3 is 10.6 Å². The van der Waals surface area contributed by atoms with E-state index in [1.54, 1.807) is 0 Å². The molecule has 1 aromatic carbocycles. The topological polar surface area (TPSA) is 0 Å². The highest BCUT2D eigenvalue weighted by molar-refractivity contribution is 6.33. The van der Waals surface area contributed by atoms with E-state index in [-0.39, 0.29) is 0 Å². The number of hydrogen-bond acceptors (Lipinski definition) is 0. The van der Waals surface area contributed by atoms with Gasteiger partial charge in [-0.1, -0.05) is 43.7 Å². The zero-order valence-electron chi connectivity index (χ0n) is 7.93. The van der Waals surface area contributed by atoms with Crippen molar-refractivity contribution in [2.75, 3.05) is 0 Å². The highest BCUT2D eigenvalue weighted by atomic mass is 27.3. The van der Waals surface area contributed by atoms with Crippen molar-refractivity contribution < 1.29 is 10.6 Å². The summed E-state index contributed by atoms with van der Waals surface area (Å²) in [6.07, 6.45) is 3.41. The van der Waals surface area contributed by atoms with Gasteiger partial charge in [-0.3, -0.25) is 0 Å². The van der Waals surface area contributed by atoms with E-state index in [1.165, 1.54) is 18.4 Å². The van der Waals surface area contributed by atoms with Crippen LogP contribution in [0.2, 0.25) is 0 Å². The minimum Gasteiger partial charge on any atom is -0.346 e. The van der Waals surface area contributed by atoms with Gasteiger partial charge in [-0.15, -0.1) is 0 Å². The fourth-order valence-corrected chi connectivity index (χ4v) is 0.974. The van der Waals surface area contributed by atoms with Crippen molar-refractivity contribution in [3.8, 4) is 0 Å². The quantitative estimate of drug-likeness (QED) is 0.677. The van der Waals surface area contributed by atoms with Crippen molar-refractivity contribution in [2.45, 2.75) is 19.3 Å². The lowest BCUT2D eigenvalue weighted by Gasteiger charge is -1.96. The van der Waals surface area contributed by atoms with E-state index in [1.807, 2.05) is 6.07 Å². The van der Waals surface area contributed by atoms with Gasteiger partial charge in [0.1, 0.15) is 0 Å². The van der Waals surface area contributed by atoms with Crippen molar-refractivity contribution in [2.24, 2.45) is 0 Å². The third kappa shape index (κ3) is 9.63. The second-order valence-electron chi connectivity index (χ2n) is 2.69. The Balaban J connectivity index is 0.000000364. The second-order valence-corrected chi connectivity index (χ2v) is 3.19. The Labute approximate surface area is 88.6 Å². The van der Waals surface area contributed by atoms with Crippen LogP contribution >= 0.6 is 0 Å². The first-order valence-corrected chi connectivity index (χ1v) is 5.73. The maximum Gasteiger partial charge on any atom is 1.04 e. The fraction of sp³-hybridized carbons (Fsp3) is 0.300. The van der Waals surface area contributed by atoms with Crippen LogP contribution in [0.25, 0.3) is 0 Å². The smallest absolute Gasteiger partial charge is 0.346 e. The molecule has 0 heterocycles. The normalized spacial score (nSPS) is 8.86. The van der Waals surface area contributed by atoms with Gasteiger partial charge in [0.15, 0.2) is 0 Å². The third-order valence-corrected chi connectivity index (χ3v) is 1.56. The van der Waals surface area contributed by atoms with Crippen LogP contribution in [0.5, 0.6) is 0 Å². The number of hydrogen-bond donors (Lipinski definition) is 0. The second kappa shape index (κ2) is 9.11. The maximum absolute atomic E-state index is 9.81. The predicted octanol–water partition coefficient (Wildman–Crippen LogP) is 3.72. The van der Waals surface area contributed by atoms with Crippen LogP contribution in [0.1, 0.15) is 18.4 Å². The molecule has 0 nitrogen and oxygen atoms in total. The van der Waals surface area contributed by atoms with Crippen LogP contribution in [0.4, 0.5) is 10.6 Å². The molecule has 0 aromatic heterocycles. The third-order valence-electron chi connectivity index (χ3n) is 1.56. The molecule has 1 rings (SSSR count). The number of unbranched alkanes of at least 4 members (excludes halogenated alkanes) is 1. The number of halogens is 3. The van der Waals surface area contributed by atoms with Gasteiger partial charge >= 0.3 is 15.5 Å². The Kier molecular flexibility index (Phi) is 8.81. The molecule has 0 aliphatic heterocycles. The van der Waals surface area contributed by atoms with Crippen LogP contribution < -0.4 is 0 Å². The highest BCUT2D eigenvalue weighted by Crippen LogP contribution is 2.02. The SMILES string of the molecule is [CH2]CCCc1ccccc1.[F][Al]([F])[F]. The van der Waals surface area contributed by atoms with E-state index in [0.717, 1.165) is 6.42 Å².